The summed E-state index contributed by atoms with van der Waals surface area (Å²) in [5.41, 5.74) is 7.44. The number of hydrogen-bond donors (Lipinski definition) is 1. The molecule has 2 rings (SSSR count). The zero-order valence-electron chi connectivity index (χ0n) is 10.6. The third kappa shape index (κ3) is 2.17. The number of ketones is 1. The van der Waals surface area contributed by atoms with Gasteiger partial charge in [0.1, 0.15) is 5.54 Å². The van der Waals surface area contributed by atoms with Gasteiger partial charge in [-0.2, -0.15) is 0 Å². The van der Waals surface area contributed by atoms with Crippen molar-refractivity contribution in [3.05, 3.63) is 65.5 Å². The predicted octanol–water partition coefficient (Wildman–Crippen LogP) is 2.45. The van der Waals surface area contributed by atoms with Crippen molar-refractivity contribution in [1.29, 1.82) is 0 Å². The third-order valence-corrected chi connectivity index (χ3v) is 3.13. The molecule has 92 valence electrons. The van der Waals surface area contributed by atoms with Gasteiger partial charge in [-0.25, -0.2) is 0 Å². The van der Waals surface area contributed by atoms with Gasteiger partial charge in [-0.05, 0) is 31.0 Å². The number of Topliss-reactive ketones (excluding diaryl/α,β-unsaturated/α-hetero) is 1. The van der Waals surface area contributed by atoms with Gasteiger partial charge >= 0.3 is 0 Å². The average Bonchev–Trinajstić information content (AvgIpc) is 2.39. The van der Waals surface area contributed by atoms with Crippen molar-refractivity contribution in [3.63, 3.8) is 0 Å². The summed E-state index contributed by atoms with van der Waals surface area (Å²) < 4.78 is 0. The van der Waals surface area contributed by atoms with E-state index >= 15 is 0 Å². The smallest absolute Gasteiger partial charge is 0.188 e. The van der Waals surface area contributed by atoms with Crippen molar-refractivity contribution in [2.45, 2.75) is 19.4 Å². The molecule has 0 saturated carbocycles. The SMILES string of the molecule is Cc1ccncc1C(=O)C(C)(N)c1ccccc1. The minimum absolute atomic E-state index is 0.112. The molecule has 0 fully saturated rings. The van der Waals surface area contributed by atoms with Gasteiger partial charge in [-0.1, -0.05) is 30.3 Å². The molecule has 0 saturated heterocycles. The highest BCUT2D eigenvalue weighted by molar-refractivity contribution is 6.04. The molecule has 0 bridgehead atoms. The lowest BCUT2D eigenvalue weighted by atomic mass is 9.84. The first kappa shape index (κ1) is 12.5. The maximum Gasteiger partial charge on any atom is 0.188 e. The van der Waals surface area contributed by atoms with Gasteiger partial charge in [0.15, 0.2) is 5.78 Å². The van der Waals surface area contributed by atoms with Gasteiger partial charge in [0.2, 0.25) is 0 Å². The molecule has 0 radical (unpaired) electrons. The summed E-state index contributed by atoms with van der Waals surface area (Å²) in [6.07, 6.45) is 3.24. The van der Waals surface area contributed by atoms with E-state index in [1.54, 1.807) is 19.3 Å². The standard InChI is InChI=1S/C15H16N2O/c1-11-8-9-17-10-13(11)14(18)15(2,16)12-6-4-3-5-7-12/h3-10H,16H2,1-2H3. The summed E-state index contributed by atoms with van der Waals surface area (Å²) in [6.45, 7) is 3.62. The highest BCUT2D eigenvalue weighted by atomic mass is 16.1. The summed E-state index contributed by atoms with van der Waals surface area (Å²) in [5, 5.41) is 0. The number of hydrogen-bond acceptors (Lipinski definition) is 3. The topological polar surface area (TPSA) is 56.0 Å². The number of benzene rings is 1. The van der Waals surface area contributed by atoms with E-state index < -0.39 is 5.54 Å². The quantitative estimate of drug-likeness (QED) is 0.838. The average molecular weight is 240 g/mol. The maximum atomic E-state index is 12.5. The Morgan fingerprint density at radius 1 is 1.22 bits per heavy atom. The summed E-state index contributed by atoms with van der Waals surface area (Å²) >= 11 is 0. The van der Waals surface area contributed by atoms with Crippen LogP contribution in [0, 0.1) is 6.92 Å². The second kappa shape index (κ2) is 4.70. The van der Waals surface area contributed by atoms with Gasteiger partial charge in [0, 0.05) is 18.0 Å². The van der Waals surface area contributed by atoms with Crippen molar-refractivity contribution < 1.29 is 4.79 Å². The van der Waals surface area contributed by atoms with Gasteiger partial charge in [0.25, 0.3) is 0 Å². The molecule has 0 aliphatic rings. The second-order valence-corrected chi connectivity index (χ2v) is 4.59. The molecule has 2 aromatic rings. The van der Waals surface area contributed by atoms with Crippen LogP contribution in [0.3, 0.4) is 0 Å². The maximum absolute atomic E-state index is 12.5. The van der Waals surface area contributed by atoms with Crippen molar-refractivity contribution in [3.8, 4) is 0 Å². The Morgan fingerprint density at radius 2 is 1.89 bits per heavy atom. The predicted molar refractivity (Wildman–Crippen MR) is 71.3 cm³/mol. The van der Waals surface area contributed by atoms with Crippen LogP contribution in [0.25, 0.3) is 0 Å². The molecule has 1 aromatic heterocycles. The lowest BCUT2D eigenvalue weighted by molar-refractivity contribution is 0.0899. The van der Waals surface area contributed by atoms with E-state index in [9.17, 15) is 4.79 Å². The lowest BCUT2D eigenvalue weighted by Gasteiger charge is -2.24. The van der Waals surface area contributed by atoms with Crippen LogP contribution < -0.4 is 5.73 Å². The molecule has 1 heterocycles. The Balaban J connectivity index is 2.43. The van der Waals surface area contributed by atoms with Crippen LogP contribution in [0.1, 0.15) is 28.4 Å². The minimum Gasteiger partial charge on any atom is -0.315 e. The number of nitrogens with zero attached hydrogens (tertiary/aromatic N) is 1. The Morgan fingerprint density at radius 3 is 2.50 bits per heavy atom. The molecule has 0 spiro atoms. The van der Waals surface area contributed by atoms with Crippen molar-refractivity contribution in [1.82, 2.24) is 4.98 Å². The number of carbonyl (C=O) groups is 1. The van der Waals surface area contributed by atoms with Gasteiger partial charge in [-0.3, -0.25) is 9.78 Å². The van der Waals surface area contributed by atoms with Crippen LogP contribution in [0.2, 0.25) is 0 Å². The van der Waals surface area contributed by atoms with E-state index in [0.717, 1.165) is 11.1 Å². The Kier molecular flexibility index (Phi) is 3.26. The normalized spacial score (nSPS) is 13.9. The van der Waals surface area contributed by atoms with Gasteiger partial charge < -0.3 is 5.73 Å². The zero-order valence-corrected chi connectivity index (χ0v) is 10.6. The van der Waals surface area contributed by atoms with E-state index in [4.69, 9.17) is 5.73 Å². The Hall–Kier alpha value is -2.00. The fourth-order valence-corrected chi connectivity index (χ4v) is 1.90. The Labute approximate surface area is 107 Å². The molecule has 0 aliphatic carbocycles. The van der Waals surface area contributed by atoms with E-state index in [2.05, 4.69) is 4.98 Å². The summed E-state index contributed by atoms with van der Waals surface area (Å²) in [7, 11) is 0. The summed E-state index contributed by atoms with van der Waals surface area (Å²) in [6, 6.07) is 11.2. The first-order valence-electron chi connectivity index (χ1n) is 5.83. The second-order valence-electron chi connectivity index (χ2n) is 4.59. The largest absolute Gasteiger partial charge is 0.315 e. The minimum atomic E-state index is -1.03. The highest BCUT2D eigenvalue weighted by Crippen LogP contribution is 2.23. The molecule has 2 N–H and O–H groups in total. The molecule has 0 amide bonds. The van der Waals surface area contributed by atoms with Gasteiger partial charge in [-0.15, -0.1) is 0 Å². The van der Waals surface area contributed by atoms with Crippen LogP contribution in [-0.4, -0.2) is 10.8 Å². The van der Waals surface area contributed by atoms with Crippen molar-refractivity contribution in [2.24, 2.45) is 5.73 Å². The van der Waals surface area contributed by atoms with E-state index in [-0.39, 0.29) is 5.78 Å². The van der Waals surface area contributed by atoms with Crippen LogP contribution in [-0.2, 0) is 5.54 Å². The number of aromatic nitrogens is 1. The van der Waals surface area contributed by atoms with Crippen LogP contribution in [0.15, 0.2) is 48.8 Å². The molecule has 1 atom stereocenters. The van der Waals surface area contributed by atoms with E-state index in [1.165, 1.54) is 0 Å². The molecule has 1 unspecified atom stereocenters. The molecular formula is C15H16N2O. The van der Waals surface area contributed by atoms with Crippen molar-refractivity contribution in [2.75, 3.05) is 0 Å². The monoisotopic (exact) mass is 240 g/mol. The van der Waals surface area contributed by atoms with Crippen LogP contribution in [0.4, 0.5) is 0 Å². The molecule has 0 aliphatic heterocycles. The van der Waals surface area contributed by atoms with E-state index in [1.807, 2.05) is 43.3 Å². The molecule has 1 aromatic carbocycles. The number of carbonyl (C=O) groups excluding carboxylic acids is 1. The highest BCUT2D eigenvalue weighted by Gasteiger charge is 2.32. The fraction of sp³-hybridized carbons (Fsp3) is 0.200. The zero-order chi connectivity index (χ0) is 13.2. The number of pyridine rings is 1. The van der Waals surface area contributed by atoms with Crippen molar-refractivity contribution >= 4 is 5.78 Å². The van der Waals surface area contributed by atoms with Crippen LogP contribution in [0.5, 0.6) is 0 Å². The summed E-state index contributed by atoms with van der Waals surface area (Å²) in [4.78, 5) is 16.5. The first-order valence-corrected chi connectivity index (χ1v) is 5.83. The first-order chi connectivity index (χ1) is 8.53. The molecule has 18 heavy (non-hydrogen) atoms. The summed E-state index contributed by atoms with van der Waals surface area (Å²) in [5.74, 6) is -0.112. The number of rotatable bonds is 3. The van der Waals surface area contributed by atoms with E-state index in [0.29, 0.717) is 5.56 Å². The fourth-order valence-electron chi connectivity index (χ4n) is 1.90. The number of aryl methyl sites for hydroxylation is 1. The Bertz CT molecular complexity index is 562. The molecular weight excluding hydrogens is 224 g/mol. The van der Waals surface area contributed by atoms with Gasteiger partial charge in [0.05, 0.1) is 0 Å². The lowest BCUT2D eigenvalue weighted by Crippen LogP contribution is -2.42. The third-order valence-electron chi connectivity index (χ3n) is 3.13. The molecule has 3 nitrogen and oxygen atoms in total. The van der Waals surface area contributed by atoms with Crippen LogP contribution >= 0.6 is 0 Å². The molecule has 3 heteroatoms. The number of nitrogens with two attached hydrogens (primary N) is 1.